The summed E-state index contributed by atoms with van der Waals surface area (Å²) in [7, 11) is 0. The molecule has 0 aliphatic carbocycles. The minimum atomic E-state index is -0.146. The number of halogens is 1. The van der Waals surface area contributed by atoms with Gasteiger partial charge in [-0.2, -0.15) is 0 Å². The number of amides is 1. The highest BCUT2D eigenvalue weighted by molar-refractivity contribution is 6.30. The third kappa shape index (κ3) is 3.48. The molecule has 0 saturated carbocycles. The van der Waals surface area contributed by atoms with Crippen LogP contribution in [0.3, 0.4) is 0 Å². The first-order valence-electron chi connectivity index (χ1n) is 7.30. The van der Waals surface area contributed by atoms with Crippen LogP contribution in [0.4, 0.5) is 0 Å². The fourth-order valence-electron chi connectivity index (χ4n) is 2.30. The lowest BCUT2D eigenvalue weighted by atomic mass is 10.1. The summed E-state index contributed by atoms with van der Waals surface area (Å²) in [5.74, 6) is -0.146. The smallest absolute Gasteiger partial charge is 0.251 e. The van der Waals surface area contributed by atoms with Crippen molar-refractivity contribution in [2.45, 2.75) is 20.4 Å². The highest BCUT2D eigenvalue weighted by Crippen LogP contribution is 2.15. The Morgan fingerprint density at radius 3 is 2.52 bits per heavy atom. The van der Waals surface area contributed by atoms with Crippen molar-refractivity contribution in [2.75, 3.05) is 0 Å². The summed E-state index contributed by atoms with van der Waals surface area (Å²) in [6, 6.07) is 12.8. The monoisotopic (exact) mass is 325 g/mol. The van der Waals surface area contributed by atoms with Gasteiger partial charge in [-0.15, -0.1) is 0 Å². The van der Waals surface area contributed by atoms with Crippen LogP contribution >= 0.6 is 11.6 Å². The van der Waals surface area contributed by atoms with Crippen LogP contribution in [-0.4, -0.2) is 15.9 Å². The number of nitrogens with one attached hydrogen (secondary N) is 1. The Bertz CT molecular complexity index is 893. The number of rotatable bonds is 3. The van der Waals surface area contributed by atoms with Crippen LogP contribution < -0.4 is 5.32 Å². The molecule has 0 bridgehead atoms. The van der Waals surface area contributed by atoms with Crippen molar-refractivity contribution in [3.05, 3.63) is 70.0 Å². The van der Waals surface area contributed by atoms with E-state index < -0.39 is 0 Å². The number of nitrogens with zero attached hydrogens (tertiary/aromatic N) is 2. The number of hydrogen-bond acceptors (Lipinski definition) is 3. The van der Waals surface area contributed by atoms with Crippen LogP contribution in [0, 0.1) is 13.8 Å². The molecule has 5 heteroatoms. The van der Waals surface area contributed by atoms with Crippen molar-refractivity contribution in [1.29, 1.82) is 0 Å². The van der Waals surface area contributed by atoms with E-state index in [1.807, 2.05) is 38.1 Å². The molecule has 1 heterocycles. The SMILES string of the molecule is Cc1nc2ccc(C(=O)NCc3cccc(Cl)c3)cc2nc1C. The zero-order valence-corrected chi connectivity index (χ0v) is 13.7. The average molecular weight is 326 g/mol. The largest absolute Gasteiger partial charge is 0.348 e. The first-order chi connectivity index (χ1) is 11.0. The fraction of sp³-hybridized carbons (Fsp3) is 0.167. The highest BCUT2D eigenvalue weighted by Gasteiger charge is 2.08. The number of carbonyl (C=O) groups is 1. The normalized spacial score (nSPS) is 10.7. The van der Waals surface area contributed by atoms with Gasteiger partial charge in [0.05, 0.1) is 22.4 Å². The molecule has 0 radical (unpaired) electrons. The Balaban J connectivity index is 1.79. The van der Waals surface area contributed by atoms with E-state index in [1.165, 1.54) is 0 Å². The standard InChI is InChI=1S/C18H16ClN3O/c1-11-12(2)22-17-9-14(6-7-16(17)21-11)18(23)20-10-13-4-3-5-15(19)8-13/h3-9H,10H2,1-2H3,(H,20,23). The van der Waals surface area contributed by atoms with Crippen LogP contribution in [0.5, 0.6) is 0 Å². The topological polar surface area (TPSA) is 54.9 Å². The summed E-state index contributed by atoms with van der Waals surface area (Å²) in [5.41, 5.74) is 4.81. The number of aryl methyl sites for hydroxylation is 2. The Kier molecular flexibility index (Phi) is 4.26. The van der Waals surface area contributed by atoms with Crippen LogP contribution in [0.15, 0.2) is 42.5 Å². The lowest BCUT2D eigenvalue weighted by Crippen LogP contribution is -2.22. The molecule has 0 saturated heterocycles. The van der Waals surface area contributed by atoms with E-state index in [-0.39, 0.29) is 5.91 Å². The van der Waals surface area contributed by atoms with Crippen LogP contribution in [0.25, 0.3) is 11.0 Å². The highest BCUT2D eigenvalue weighted by atomic mass is 35.5. The summed E-state index contributed by atoms with van der Waals surface area (Å²) in [5, 5.41) is 3.54. The maximum Gasteiger partial charge on any atom is 0.251 e. The zero-order valence-electron chi connectivity index (χ0n) is 12.9. The number of fused-ring (bicyclic) bond motifs is 1. The number of aromatic nitrogens is 2. The second kappa shape index (κ2) is 6.34. The predicted octanol–water partition coefficient (Wildman–Crippen LogP) is 3.83. The second-order valence-corrected chi connectivity index (χ2v) is 5.85. The van der Waals surface area contributed by atoms with Gasteiger partial charge in [0.15, 0.2) is 0 Å². The predicted molar refractivity (Wildman–Crippen MR) is 91.6 cm³/mol. The van der Waals surface area contributed by atoms with Crippen LogP contribution in [0.2, 0.25) is 5.02 Å². The van der Waals surface area contributed by atoms with Gasteiger partial charge in [-0.3, -0.25) is 4.79 Å². The van der Waals surface area contributed by atoms with E-state index >= 15 is 0 Å². The number of benzene rings is 2. The Morgan fingerprint density at radius 2 is 1.78 bits per heavy atom. The van der Waals surface area contributed by atoms with Gasteiger partial charge >= 0.3 is 0 Å². The molecule has 3 aromatic rings. The Morgan fingerprint density at radius 1 is 1.04 bits per heavy atom. The molecule has 1 amide bonds. The average Bonchev–Trinajstić information content (AvgIpc) is 2.53. The molecule has 2 aromatic carbocycles. The maximum atomic E-state index is 12.3. The van der Waals surface area contributed by atoms with Crippen molar-refractivity contribution in [1.82, 2.24) is 15.3 Å². The van der Waals surface area contributed by atoms with E-state index in [2.05, 4.69) is 15.3 Å². The summed E-state index contributed by atoms with van der Waals surface area (Å²) in [6.45, 7) is 4.26. The lowest BCUT2D eigenvalue weighted by molar-refractivity contribution is 0.0951. The molecule has 0 aliphatic rings. The summed E-state index contributed by atoms with van der Waals surface area (Å²) in [4.78, 5) is 21.3. The Labute approximate surface area is 139 Å². The molecule has 0 atom stereocenters. The van der Waals surface area contributed by atoms with Gasteiger partial charge in [0.1, 0.15) is 0 Å². The molecule has 1 N–H and O–H groups in total. The molecule has 0 unspecified atom stereocenters. The molecule has 116 valence electrons. The van der Waals surface area contributed by atoms with Gasteiger partial charge in [0.2, 0.25) is 0 Å². The van der Waals surface area contributed by atoms with Crippen molar-refractivity contribution in [2.24, 2.45) is 0 Å². The van der Waals surface area contributed by atoms with Gasteiger partial charge < -0.3 is 5.32 Å². The second-order valence-electron chi connectivity index (χ2n) is 5.41. The van der Waals surface area contributed by atoms with Crippen LogP contribution in [0.1, 0.15) is 27.3 Å². The molecule has 0 aliphatic heterocycles. The summed E-state index contributed by atoms with van der Waals surface area (Å²) < 4.78 is 0. The molecular weight excluding hydrogens is 310 g/mol. The van der Waals surface area contributed by atoms with Crippen molar-refractivity contribution in [3.8, 4) is 0 Å². The molecule has 1 aromatic heterocycles. The lowest BCUT2D eigenvalue weighted by Gasteiger charge is -2.07. The fourth-order valence-corrected chi connectivity index (χ4v) is 2.52. The molecule has 4 nitrogen and oxygen atoms in total. The van der Waals surface area contributed by atoms with E-state index in [0.717, 1.165) is 28.0 Å². The first kappa shape index (κ1) is 15.4. The molecule has 0 spiro atoms. The van der Waals surface area contributed by atoms with E-state index in [0.29, 0.717) is 17.1 Å². The van der Waals surface area contributed by atoms with Gasteiger partial charge in [-0.05, 0) is 49.7 Å². The molecule has 3 rings (SSSR count). The van der Waals surface area contributed by atoms with Crippen molar-refractivity contribution >= 4 is 28.5 Å². The number of carbonyl (C=O) groups excluding carboxylic acids is 1. The zero-order chi connectivity index (χ0) is 16.4. The van der Waals surface area contributed by atoms with Gasteiger partial charge in [0, 0.05) is 17.1 Å². The van der Waals surface area contributed by atoms with E-state index in [9.17, 15) is 4.79 Å². The van der Waals surface area contributed by atoms with Gasteiger partial charge in [0.25, 0.3) is 5.91 Å². The number of hydrogen-bond donors (Lipinski definition) is 1. The Hall–Kier alpha value is -2.46. The van der Waals surface area contributed by atoms with Crippen LogP contribution in [-0.2, 0) is 6.54 Å². The third-order valence-electron chi connectivity index (χ3n) is 3.68. The van der Waals surface area contributed by atoms with E-state index in [4.69, 9.17) is 11.6 Å². The minimum absolute atomic E-state index is 0.146. The van der Waals surface area contributed by atoms with E-state index in [1.54, 1.807) is 18.2 Å². The third-order valence-corrected chi connectivity index (χ3v) is 3.91. The van der Waals surface area contributed by atoms with Gasteiger partial charge in [-0.25, -0.2) is 9.97 Å². The minimum Gasteiger partial charge on any atom is -0.348 e. The van der Waals surface area contributed by atoms with Crippen molar-refractivity contribution in [3.63, 3.8) is 0 Å². The molecule has 0 fully saturated rings. The first-order valence-corrected chi connectivity index (χ1v) is 7.68. The van der Waals surface area contributed by atoms with Crippen molar-refractivity contribution < 1.29 is 4.79 Å². The van der Waals surface area contributed by atoms with Gasteiger partial charge in [-0.1, -0.05) is 23.7 Å². The maximum absolute atomic E-state index is 12.3. The molecule has 23 heavy (non-hydrogen) atoms. The summed E-state index contributed by atoms with van der Waals surface area (Å²) >= 11 is 5.94. The summed E-state index contributed by atoms with van der Waals surface area (Å²) in [6.07, 6.45) is 0. The molecular formula is C18H16ClN3O. The quantitative estimate of drug-likeness (QED) is 0.796.